The Morgan fingerprint density at radius 2 is 1.84 bits per heavy atom. The highest BCUT2D eigenvalue weighted by atomic mass is 19.3. The molecule has 2 N–H and O–H groups in total. The zero-order valence-corrected chi connectivity index (χ0v) is 18.3. The maximum Gasteiger partial charge on any atom is 0.318 e. The Morgan fingerprint density at radius 3 is 2.35 bits per heavy atom. The number of piperidine rings is 1. The number of amides is 3. The Hall–Kier alpha value is -1.95. The molecule has 2 aliphatic carbocycles. The maximum absolute atomic E-state index is 14.3. The Labute approximate surface area is 182 Å². The molecular weight excluding hydrogens is 404 g/mol. The van der Waals surface area contributed by atoms with E-state index in [-0.39, 0.29) is 18.3 Å². The fourth-order valence-corrected chi connectivity index (χ4v) is 4.94. The van der Waals surface area contributed by atoms with Crippen molar-refractivity contribution in [3.05, 3.63) is 0 Å². The quantitative estimate of drug-likeness (QED) is 0.611. The van der Waals surface area contributed by atoms with Crippen molar-refractivity contribution in [3.63, 3.8) is 0 Å². The summed E-state index contributed by atoms with van der Waals surface area (Å²) in [6.07, 6.45) is 4.60. The summed E-state index contributed by atoms with van der Waals surface area (Å²) in [6.45, 7) is 5.00. The number of likely N-dealkylation sites (tertiary alicyclic amines) is 2. The fraction of sp³-hybridized carbons (Fsp3) is 0.864. The number of nitriles is 1. The SMILES string of the molecule is CCCC(F)(F)CC(NC(=O)N1CCC2(CC1)CN(C1CC1)C2)C(=O)NC1(C#N)CC1. The molecule has 2 saturated heterocycles. The minimum absolute atomic E-state index is 0.281. The van der Waals surface area contributed by atoms with Gasteiger partial charge in [0.1, 0.15) is 11.6 Å². The zero-order chi connectivity index (χ0) is 22.3. The van der Waals surface area contributed by atoms with Gasteiger partial charge in [-0.1, -0.05) is 13.3 Å². The van der Waals surface area contributed by atoms with E-state index in [2.05, 4.69) is 15.5 Å². The molecule has 3 amide bonds. The van der Waals surface area contributed by atoms with Crippen molar-refractivity contribution < 1.29 is 18.4 Å². The second kappa shape index (κ2) is 8.19. The number of carbonyl (C=O) groups is 2. The molecule has 0 radical (unpaired) electrons. The lowest BCUT2D eigenvalue weighted by molar-refractivity contribution is -0.126. The van der Waals surface area contributed by atoms with Gasteiger partial charge in [0.05, 0.1) is 6.07 Å². The van der Waals surface area contributed by atoms with Gasteiger partial charge in [0.15, 0.2) is 0 Å². The number of nitrogens with one attached hydrogen (secondary N) is 2. The Balaban J connectivity index is 1.32. The van der Waals surface area contributed by atoms with Gasteiger partial charge in [0, 0.05) is 45.1 Å². The average Bonchev–Trinajstić information content (AvgIpc) is 3.61. The smallest absolute Gasteiger partial charge is 0.318 e. The lowest BCUT2D eigenvalue weighted by Gasteiger charge is -2.54. The first-order chi connectivity index (χ1) is 14.7. The van der Waals surface area contributed by atoms with Crippen LogP contribution in [0.5, 0.6) is 0 Å². The monoisotopic (exact) mass is 437 g/mol. The maximum atomic E-state index is 14.3. The van der Waals surface area contributed by atoms with E-state index < -0.39 is 35.9 Å². The average molecular weight is 438 g/mol. The van der Waals surface area contributed by atoms with Gasteiger partial charge in [-0.2, -0.15) is 5.26 Å². The van der Waals surface area contributed by atoms with Crippen LogP contribution in [0.4, 0.5) is 13.6 Å². The molecule has 4 aliphatic rings. The van der Waals surface area contributed by atoms with Gasteiger partial charge in [0.2, 0.25) is 5.91 Å². The molecule has 0 bridgehead atoms. The van der Waals surface area contributed by atoms with Crippen LogP contribution < -0.4 is 10.6 Å². The Bertz CT molecular complexity index is 743. The van der Waals surface area contributed by atoms with Gasteiger partial charge in [0.25, 0.3) is 5.92 Å². The van der Waals surface area contributed by atoms with Crippen LogP contribution in [0.3, 0.4) is 0 Å². The zero-order valence-electron chi connectivity index (χ0n) is 18.3. The van der Waals surface area contributed by atoms with Gasteiger partial charge in [-0.05, 0) is 43.9 Å². The molecule has 9 heteroatoms. The van der Waals surface area contributed by atoms with Crippen molar-refractivity contribution in [2.75, 3.05) is 26.2 Å². The molecular formula is C22H33F2N5O2. The normalized spacial score (nSPS) is 25.3. The molecule has 1 spiro atoms. The predicted molar refractivity (Wildman–Crippen MR) is 110 cm³/mol. The number of hydrogen-bond acceptors (Lipinski definition) is 4. The molecule has 2 heterocycles. The first-order valence-electron chi connectivity index (χ1n) is 11.6. The van der Waals surface area contributed by atoms with E-state index in [0.717, 1.165) is 32.0 Å². The van der Waals surface area contributed by atoms with E-state index >= 15 is 0 Å². The number of carbonyl (C=O) groups excluding carboxylic acids is 2. The summed E-state index contributed by atoms with van der Waals surface area (Å²) in [6, 6.07) is 0.971. The lowest BCUT2D eigenvalue weighted by Crippen LogP contribution is -2.62. The summed E-state index contributed by atoms with van der Waals surface area (Å²) in [7, 11) is 0. The lowest BCUT2D eigenvalue weighted by atomic mass is 9.72. The van der Waals surface area contributed by atoms with Crippen LogP contribution in [0.2, 0.25) is 0 Å². The second-order valence-electron chi connectivity index (χ2n) is 10.1. The summed E-state index contributed by atoms with van der Waals surface area (Å²) in [5.74, 6) is -3.76. The number of halogens is 2. The third kappa shape index (κ3) is 5.11. The molecule has 172 valence electrons. The van der Waals surface area contributed by atoms with E-state index in [4.69, 9.17) is 0 Å². The van der Waals surface area contributed by atoms with Crippen molar-refractivity contribution in [1.29, 1.82) is 5.26 Å². The van der Waals surface area contributed by atoms with Gasteiger partial charge in [-0.15, -0.1) is 0 Å². The summed E-state index contributed by atoms with van der Waals surface area (Å²) >= 11 is 0. The highest BCUT2D eigenvalue weighted by Gasteiger charge is 2.50. The number of nitrogens with zero attached hydrogens (tertiary/aromatic N) is 3. The van der Waals surface area contributed by atoms with Crippen molar-refractivity contribution in [2.24, 2.45) is 5.41 Å². The third-order valence-corrected chi connectivity index (χ3v) is 7.31. The molecule has 2 aliphatic heterocycles. The van der Waals surface area contributed by atoms with Gasteiger partial charge in [-0.25, -0.2) is 13.6 Å². The largest absolute Gasteiger partial charge is 0.336 e. The number of urea groups is 1. The van der Waals surface area contributed by atoms with E-state index in [1.54, 1.807) is 11.8 Å². The molecule has 4 rings (SSSR count). The summed E-state index contributed by atoms with van der Waals surface area (Å²) in [5.41, 5.74) is -0.676. The van der Waals surface area contributed by atoms with Crippen molar-refractivity contribution in [1.82, 2.24) is 20.4 Å². The highest BCUT2D eigenvalue weighted by molar-refractivity contribution is 5.88. The van der Waals surface area contributed by atoms with Crippen molar-refractivity contribution in [2.45, 2.75) is 88.3 Å². The van der Waals surface area contributed by atoms with Gasteiger partial charge in [-0.3, -0.25) is 9.69 Å². The first kappa shape index (κ1) is 22.3. The number of rotatable bonds is 8. The van der Waals surface area contributed by atoms with E-state index in [1.807, 2.05) is 6.07 Å². The van der Waals surface area contributed by atoms with Crippen LogP contribution in [0, 0.1) is 16.7 Å². The van der Waals surface area contributed by atoms with Crippen LogP contribution in [0.1, 0.15) is 64.7 Å². The highest BCUT2D eigenvalue weighted by Crippen LogP contribution is 2.45. The summed E-state index contributed by atoms with van der Waals surface area (Å²) in [4.78, 5) is 29.7. The van der Waals surface area contributed by atoms with E-state index in [9.17, 15) is 23.6 Å². The molecule has 2 saturated carbocycles. The molecule has 0 aromatic heterocycles. The van der Waals surface area contributed by atoms with E-state index in [1.165, 1.54) is 12.8 Å². The van der Waals surface area contributed by atoms with Crippen LogP contribution in [-0.2, 0) is 4.79 Å². The van der Waals surface area contributed by atoms with E-state index in [0.29, 0.717) is 25.9 Å². The fourth-order valence-electron chi connectivity index (χ4n) is 4.94. The predicted octanol–water partition coefficient (Wildman–Crippen LogP) is 2.62. The van der Waals surface area contributed by atoms with Crippen molar-refractivity contribution >= 4 is 11.9 Å². The second-order valence-corrected chi connectivity index (χ2v) is 10.1. The molecule has 1 unspecified atom stereocenters. The van der Waals surface area contributed by atoms with Crippen LogP contribution >= 0.6 is 0 Å². The molecule has 0 aromatic rings. The Morgan fingerprint density at radius 1 is 1.19 bits per heavy atom. The third-order valence-electron chi connectivity index (χ3n) is 7.31. The van der Waals surface area contributed by atoms with Crippen LogP contribution in [0.15, 0.2) is 0 Å². The Kier molecular flexibility index (Phi) is 5.88. The summed E-state index contributed by atoms with van der Waals surface area (Å²) < 4.78 is 28.6. The molecule has 7 nitrogen and oxygen atoms in total. The number of hydrogen-bond donors (Lipinski definition) is 2. The molecule has 0 aromatic carbocycles. The minimum Gasteiger partial charge on any atom is -0.336 e. The standard InChI is InChI=1S/C22H33F2N5O2/c1-2-5-22(23,24)12-17(18(30)27-21(13-25)6-7-21)26-19(31)28-10-8-20(9-11-28)14-29(15-20)16-3-4-16/h16-17H,2-12,14-15H2,1H3,(H,26,31)(H,27,30). The van der Waals surface area contributed by atoms with Gasteiger partial charge < -0.3 is 15.5 Å². The summed E-state index contributed by atoms with van der Waals surface area (Å²) in [5, 5.41) is 14.3. The van der Waals surface area contributed by atoms with Crippen molar-refractivity contribution in [3.8, 4) is 6.07 Å². The molecule has 31 heavy (non-hydrogen) atoms. The topological polar surface area (TPSA) is 88.5 Å². The number of alkyl halides is 2. The van der Waals surface area contributed by atoms with Crippen LogP contribution in [-0.4, -0.2) is 71.5 Å². The molecule has 1 atom stereocenters. The minimum atomic E-state index is -3.06. The van der Waals surface area contributed by atoms with Gasteiger partial charge >= 0.3 is 6.03 Å². The van der Waals surface area contributed by atoms with Crippen LogP contribution in [0.25, 0.3) is 0 Å². The first-order valence-corrected chi connectivity index (χ1v) is 11.6. The molecule has 4 fully saturated rings.